The molecule has 0 saturated carbocycles. The molecule has 1 aliphatic rings. The van der Waals surface area contributed by atoms with Gasteiger partial charge in [-0.1, -0.05) is 24.3 Å². The molecule has 0 aliphatic carbocycles. The Bertz CT molecular complexity index is 1180. The fourth-order valence-electron chi connectivity index (χ4n) is 3.13. The van der Waals surface area contributed by atoms with E-state index in [1.165, 1.54) is 18.5 Å². The first-order valence-electron chi connectivity index (χ1n) is 8.78. The number of sulfonamides is 1. The van der Waals surface area contributed by atoms with Crippen molar-refractivity contribution in [3.8, 4) is 0 Å². The molecule has 0 bridgehead atoms. The molecular formula is C19H17BrN6O2S. The van der Waals surface area contributed by atoms with E-state index in [9.17, 15) is 8.42 Å². The molecular weight excluding hydrogens is 456 g/mol. The van der Waals surface area contributed by atoms with E-state index in [1.807, 2.05) is 24.3 Å². The van der Waals surface area contributed by atoms with E-state index < -0.39 is 10.0 Å². The van der Waals surface area contributed by atoms with Crippen LogP contribution in [0.25, 0.3) is 0 Å². The second-order valence-electron chi connectivity index (χ2n) is 6.44. The standard InChI is InChI=1S/C19H17BrN6O2S/c20-16-3-1-2-4-17(16)26(19-15-11-24-25-18(15)22-12-23-19)10-9-13-5-7-14(8-6-13)29(21,27)28/h1-8,12H,9-11H2,(H2,21,27,28). The summed E-state index contributed by atoms with van der Waals surface area (Å²) in [4.78, 5) is 10.9. The van der Waals surface area contributed by atoms with Gasteiger partial charge in [0.2, 0.25) is 10.0 Å². The smallest absolute Gasteiger partial charge is 0.238 e. The third kappa shape index (κ3) is 4.19. The Labute approximate surface area is 176 Å². The zero-order chi connectivity index (χ0) is 20.4. The zero-order valence-corrected chi connectivity index (χ0v) is 17.6. The topological polar surface area (TPSA) is 114 Å². The van der Waals surface area contributed by atoms with Crippen LogP contribution in [0.15, 0.2) is 74.5 Å². The van der Waals surface area contributed by atoms with Crippen LogP contribution < -0.4 is 10.0 Å². The summed E-state index contributed by atoms with van der Waals surface area (Å²) in [7, 11) is -3.70. The van der Waals surface area contributed by atoms with Crippen LogP contribution in [0.4, 0.5) is 17.3 Å². The van der Waals surface area contributed by atoms with Gasteiger partial charge in [0.25, 0.3) is 0 Å². The number of anilines is 2. The molecule has 1 aliphatic heterocycles. The van der Waals surface area contributed by atoms with Gasteiger partial charge in [-0.15, -0.1) is 5.11 Å². The number of halogens is 1. The van der Waals surface area contributed by atoms with E-state index >= 15 is 0 Å². The number of para-hydroxylation sites is 1. The SMILES string of the molecule is NS(=O)(=O)c1ccc(CCN(c2ccccc2Br)c2ncnc3c2CN=N3)cc1. The van der Waals surface area contributed by atoms with Crippen molar-refractivity contribution in [3.05, 3.63) is 70.5 Å². The van der Waals surface area contributed by atoms with E-state index in [4.69, 9.17) is 5.14 Å². The van der Waals surface area contributed by atoms with Gasteiger partial charge in [-0.05, 0) is 52.2 Å². The highest BCUT2D eigenvalue weighted by Crippen LogP contribution is 2.37. The molecule has 0 saturated heterocycles. The largest absolute Gasteiger partial charge is 0.325 e. The van der Waals surface area contributed by atoms with Crippen molar-refractivity contribution in [1.82, 2.24) is 9.97 Å². The quantitative estimate of drug-likeness (QED) is 0.584. The van der Waals surface area contributed by atoms with Crippen molar-refractivity contribution in [2.45, 2.75) is 17.9 Å². The lowest BCUT2D eigenvalue weighted by molar-refractivity contribution is 0.598. The molecule has 10 heteroatoms. The predicted molar refractivity (Wildman–Crippen MR) is 113 cm³/mol. The van der Waals surface area contributed by atoms with E-state index in [2.05, 4.69) is 41.0 Å². The van der Waals surface area contributed by atoms with Crippen LogP contribution in [0.2, 0.25) is 0 Å². The van der Waals surface area contributed by atoms with Gasteiger partial charge in [-0.3, -0.25) is 0 Å². The second kappa shape index (κ2) is 7.97. The Hall–Kier alpha value is -2.69. The maximum atomic E-state index is 11.5. The van der Waals surface area contributed by atoms with E-state index in [0.29, 0.717) is 25.3 Å². The van der Waals surface area contributed by atoms with Gasteiger partial charge < -0.3 is 4.90 Å². The summed E-state index contributed by atoms with van der Waals surface area (Å²) in [6.07, 6.45) is 2.16. The molecule has 8 nitrogen and oxygen atoms in total. The first kappa shape index (κ1) is 19.6. The van der Waals surface area contributed by atoms with Gasteiger partial charge in [0.05, 0.1) is 22.7 Å². The fourth-order valence-corrected chi connectivity index (χ4v) is 4.14. The van der Waals surface area contributed by atoms with Crippen molar-refractivity contribution in [2.24, 2.45) is 15.4 Å². The lowest BCUT2D eigenvalue weighted by Gasteiger charge is -2.26. The Balaban J connectivity index is 1.66. The summed E-state index contributed by atoms with van der Waals surface area (Å²) in [5.74, 6) is 1.35. The number of aromatic nitrogens is 2. The van der Waals surface area contributed by atoms with Crippen molar-refractivity contribution < 1.29 is 8.42 Å². The number of benzene rings is 2. The van der Waals surface area contributed by atoms with Crippen LogP contribution in [0.3, 0.4) is 0 Å². The van der Waals surface area contributed by atoms with Crippen LogP contribution in [0.5, 0.6) is 0 Å². The van der Waals surface area contributed by atoms with E-state index in [-0.39, 0.29) is 4.90 Å². The number of hydrogen-bond donors (Lipinski definition) is 1. The van der Waals surface area contributed by atoms with Gasteiger partial charge in [0, 0.05) is 11.0 Å². The summed E-state index contributed by atoms with van der Waals surface area (Å²) in [6.45, 7) is 1.05. The number of primary sulfonamides is 1. The predicted octanol–water partition coefficient (Wildman–Crippen LogP) is 3.86. The summed E-state index contributed by atoms with van der Waals surface area (Å²) in [5, 5.41) is 13.3. The van der Waals surface area contributed by atoms with Gasteiger partial charge in [0.1, 0.15) is 12.1 Å². The van der Waals surface area contributed by atoms with Gasteiger partial charge in [-0.2, -0.15) is 5.11 Å². The normalized spacial score (nSPS) is 12.8. The van der Waals surface area contributed by atoms with Crippen LogP contribution in [-0.2, 0) is 23.0 Å². The van der Waals surface area contributed by atoms with Crippen LogP contribution in [0, 0.1) is 0 Å². The van der Waals surface area contributed by atoms with Crippen LogP contribution in [-0.4, -0.2) is 24.9 Å². The Morgan fingerprint density at radius 2 is 1.83 bits per heavy atom. The Morgan fingerprint density at radius 3 is 2.55 bits per heavy atom. The highest BCUT2D eigenvalue weighted by molar-refractivity contribution is 9.10. The molecule has 0 atom stereocenters. The highest BCUT2D eigenvalue weighted by atomic mass is 79.9. The molecule has 2 N–H and O–H groups in total. The molecule has 0 unspecified atom stereocenters. The third-order valence-electron chi connectivity index (χ3n) is 4.57. The minimum Gasteiger partial charge on any atom is -0.325 e. The van der Waals surface area contributed by atoms with Crippen molar-refractivity contribution in [3.63, 3.8) is 0 Å². The minimum atomic E-state index is -3.70. The van der Waals surface area contributed by atoms with Crippen LogP contribution in [0.1, 0.15) is 11.1 Å². The number of rotatable bonds is 6. The van der Waals surface area contributed by atoms with Crippen molar-refractivity contribution in [2.75, 3.05) is 11.4 Å². The number of hydrogen-bond acceptors (Lipinski definition) is 7. The molecule has 0 amide bonds. The number of nitrogens with zero attached hydrogens (tertiary/aromatic N) is 5. The first-order chi connectivity index (χ1) is 13.9. The molecule has 148 valence electrons. The second-order valence-corrected chi connectivity index (χ2v) is 8.86. The molecule has 0 radical (unpaired) electrons. The molecule has 1 aromatic heterocycles. The molecule has 2 aromatic carbocycles. The average molecular weight is 473 g/mol. The molecule has 0 fully saturated rings. The van der Waals surface area contributed by atoms with Crippen molar-refractivity contribution >= 4 is 43.3 Å². The fraction of sp³-hybridized carbons (Fsp3) is 0.158. The number of fused-ring (bicyclic) bond motifs is 1. The molecule has 2 heterocycles. The Kier molecular flexibility index (Phi) is 5.39. The summed E-state index contributed by atoms with van der Waals surface area (Å²) >= 11 is 3.62. The average Bonchev–Trinajstić information content (AvgIpc) is 3.18. The molecule has 3 aromatic rings. The van der Waals surface area contributed by atoms with Crippen LogP contribution >= 0.6 is 15.9 Å². The highest BCUT2D eigenvalue weighted by Gasteiger charge is 2.22. The molecule has 29 heavy (non-hydrogen) atoms. The number of azo groups is 1. The maximum Gasteiger partial charge on any atom is 0.238 e. The Morgan fingerprint density at radius 1 is 1.07 bits per heavy atom. The van der Waals surface area contributed by atoms with E-state index in [1.54, 1.807) is 12.1 Å². The lowest BCUT2D eigenvalue weighted by Crippen LogP contribution is -2.23. The monoisotopic (exact) mass is 472 g/mol. The van der Waals surface area contributed by atoms with Gasteiger partial charge >= 0.3 is 0 Å². The lowest BCUT2D eigenvalue weighted by atomic mass is 10.1. The van der Waals surface area contributed by atoms with Crippen molar-refractivity contribution in [1.29, 1.82) is 0 Å². The molecule has 4 rings (SSSR count). The summed E-state index contributed by atoms with van der Waals surface area (Å²) in [5.41, 5.74) is 2.82. The van der Waals surface area contributed by atoms with Gasteiger partial charge in [-0.25, -0.2) is 23.5 Å². The number of nitrogens with two attached hydrogens (primary N) is 1. The minimum absolute atomic E-state index is 0.0979. The first-order valence-corrected chi connectivity index (χ1v) is 11.1. The maximum absolute atomic E-state index is 11.5. The zero-order valence-electron chi connectivity index (χ0n) is 15.2. The van der Waals surface area contributed by atoms with Gasteiger partial charge in [0.15, 0.2) is 5.82 Å². The third-order valence-corrected chi connectivity index (χ3v) is 6.17. The molecule has 0 spiro atoms. The summed E-state index contributed by atoms with van der Waals surface area (Å²) < 4.78 is 23.9. The summed E-state index contributed by atoms with van der Waals surface area (Å²) in [6, 6.07) is 14.5. The van der Waals surface area contributed by atoms with E-state index in [0.717, 1.165) is 27.1 Å².